The first-order valence-corrected chi connectivity index (χ1v) is 8.19. The fourth-order valence-corrected chi connectivity index (χ4v) is 3.02. The second kappa shape index (κ2) is 6.07. The molecule has 1 aliphatic carbocycles. The SMILES string of the molecule is Cc1ccc(-n2[nH]c(C(=O)N(C(C)C)C3CCC3)cc2=O)cc1. The molecule has 1 amide bonds. The van der Waals surface area contributed by atoms with Crippen molar-refractivity contribution in [3.05, 3.63) is 51.9 Å². The number of aromatic amines is 1. The van der Waals surface area contributed by atoms with Gasteiger partial charge < -0.3 is 4.90 Å². The molecule has 1 aromatic heterocycles. The van der Waals surface area contributed by atoms with Gasteiger partial charge in [0.15, 0.2) is 0 Å². The molecule has 0 saturated heterocycles. The van der Waals surface area contributed by atoms with Gasteiger partial charge in [-0.1, -0.05) is 17.7 Å². The minimum Gasteiger partial charge on any atom is -0.332 e. The van der Waals surface area contributed by atoms with Crippen LogP contribution in [0.15, 0.2) is 35.1 Å². The van der Waals surface area contributed by atoms with Crippen LogP contribution in [0, 0.1) is 6.92 Å². The number of nitrogens with one attached hydrogen (secondary N) is 1. The molecule has 0 radical (unpaired) electrons. The van der Waals surface area contributed by atoms with Gasteiger partial charge >= 0.3 is 0 Å². The molecule has 2 aromatic rings. The van der Waals surface area contributed by atoms with Crippen molar-refractivity contribution in [3.8, 4) is 5.69 Å². The third-order valence-corrected chi connectivity index (χ3v) is 4.50. The quantitative estimate of drug-likeness (QED) is 0.943. The Labute approximate surface area is 135 Å². The summed E-state index contributed by atoms with van der Waals surface area (Å²) in [6, 6.07) is 9.45. The second-order valence-corrected chi connectivity index (χ2v) is 6.57. The first kappa shape index (κ1) is 15.6. The first-order chi connectivity index (χ1) is 11.0. The summed E-state index contributed by atoms with van der Waals surface area (Å²) < 4.78 is 1.42. The van der Waals surface area contributed by atoms with E-state index in [1.165, 1.54) is 17.2 Å². The van der Waals surface area contributed by atoms with Crippen LogP contribution in [0.5, 0.6) is 0 Å². The number of H-pyrrole nitrogens is 1. The average molecular weight is 313 g/mol. The predicted octanol–water partition coefficient (Wildman–Crippen LogP) is 2.88. The topological polar surface area (TPSA) is 58.1 Å². The highest BCUT2D eigenvalue weighted by atomic mass is 16.2. The van der Waals surface area contributed by atoms with E-state index in [4.69, 9.17) is 0 Å². The van der Waals surface area contributed by atoms with Crippen LogP contribution in [0.4, 0.5) is 0 Å². The van der Waals surface area contributed by atoms with Gasteiger partial charge in [0.05, 0.1) is 5.69 Å². The maximum Gasteiger partial charge on any atom is 0.272 e. The molecule has 5 nitrogen and oxygen atoms in total. The van der Waals surface area contributed by atoms with Crippen LogP contribution in [0.3, 0.4) is 0 Å². The summed E-state index contributed by atoms with van der Waals surface area (Å²) in [5.41, 5.74) is 2.01. The van der Waals surface area contributed by atoms with Crippen molar-refractivity contribution >= 4 is 5.91 Å². The molecule has 1 fully saturated rings. The maximum atomic E-state index is 12.8. The Balaban J connectivity index is 1.91. The Morgan fingerprint density at radius 3 is 2.43 bits per heavy atom. The van der Waals surface area contributed by atoms with Crippen LogP contribution in [-0.2, 0) is 0 Å². The summed E-state index contributed by atoms with van der Waals surface area (Å²) in [5.74, 6) is -0.0901. The molecule has 0 atom stereocenters. The van der Waals surface area contributed by atoms with E-state index in [9.17, 15) is 9.59 Å². The monoisotopic (exact) mass is 313 g/mol. The van der Waals surface area contributed by atoms with E-state index in [1.807, 2.05) is 49.9 Å². The highest BCUT2D eigenvalue weighted by Gasteiger charge is 2.32. The van der Waals surface area contributed by atoms with Gasteiger partial charge in [0, 0.05) is 18.2 Å². The Kier molecular flexibility index (Phi) is 4.11. The summed E-state index contributed by atoms with van der Waals surface area (Å²) in [6.45, 7) is 6.03. The Hall–Kier alpha value is -2.30. The minimum absolute atomic E-state index is 0.0901. The van der Waals surface area contributed by atoms with Crippen LogP contribution in [0.1, 0.15) is 49.2 Å². The van der Waals surface area contributed by atoms with Crippen molar-refractivity contribution in [2.45, 2.75) is 52.1 Å². The zero-order valence-electron chi connectivity index (χ0n) is 13.9. The summed E-state index contributed by atoms with van der Waals surface area (Å²) in [6.07, 6.45) is 3.27. The van der Waals surface area contributed by atoms with Crippen molar-refractivity contribution < 1.29 is 4.79 Å². The molecule has 0 spiro atoms. The molecule has 0 bridgehead atoms. The fourth-order valence-electron chi connectivity index (χ4n) is 3.02. The van der Waals surface area contributed by atoms with E-state index in [0.29, 0.717) is 11.7 Å². The largest absolute Gasteiger partial charge is 0.332 e. The molecular weight excluding hydrogens is 290 g/mol. The van der Waals surface area contributed by atoms with Crippen molar-refractivity contribution in [3.63, 3.8) is 0 Å². The van der Waals surface area contributed by atoms with Crippen LogP contribution in [0.2, 0.25) is 0 Å². The average Bonchev–Trinajstić information content (AvgIpc) is 2.84. The van der Waals surface area contributed by atoms with Gasteiger partial charge in [-0.25, -0.2) is 4.68 Å². The van der Waals surface area contributed by atoms with E-state index in [0.717, 1.165) is 24.1 Å². The fraction of sp³-hybridized carbons (Fsp3) is 0.444. The van der Waals surface area contributed by atoms with E-state index in [-0.39, 0.29) is 17.5 Å². The Morgan fingerprint density at radius 1 is 1.26 bits per heavy atom. The number of amides is 1. The Morgan fingerprint density at radius 2 is 1.91 bits per heavy atom. The van der Waals surface area contributed by atoms with Gasteiger partial charge in [-0.05, 0) is 52.2 Å². The molecule has 0 unspecified atom stereocenters. The predicted molar refractivity (Wildman–Crippen MR) is 90.1 cm³/mol. The molecule has 1 saturated carbocycles. The van der Waals surface area contributed by atoms with Gasteiger partial charge in [0.2, 0.25) is 0 Å². The van der Waals surface area contributed by atoms with Crippen LogP contribution in [-0.4, -0.2) is 32.7 Å². The molecule has 1 N–H and O–H groups in total. The number of aryl methyl sites for hydroxylation is 1. The third kappa shape index (κ3) is 2.96. The van der Waals surface area contributed by atoms with E-state index in [2.05, 4.69) is 5.10 Å². The molecule has 1 heterocycles. The number of benzene rings is 1. The highest BCUT2D eigenvalue weighted by molar-refractivity contribution is 5.92. The normalized spacial score (nSPS) is 14.8. The molecule has 5 heteroatoms. The lowest BCUT2D eigenvalue weighted by Crippen LogP contribution is -2.48. The molecular formula is C18H23N3O2. The summed E-state index contributed by atoms with van der Waals surface area (Å²) in [7, 11) is 0. The number of carbonyl (C=O) groups is 1. The van der Waals surface area contributed by atoms with Gasteiger partial charge in [-0.3, -0.25) is 14.7 Å². The standard InChI is InChI=1S/C18H23N3O2/c1-12(2)20(14-5-4-6-14)18(23)16-11-17(22)21(19-16)15-9-7-13(3)8-10-15/h7-12,14,19H,4-6H2,1-3H3. The van der Waals surface area contributed by atoms with Gasteiger partial charge in [0.1, 0.15) is 5.69 Å². The minimum atomic E-state index is -0.213. The lowest BCUT2D eigenvalue weighted by Gasteiger charge is -2.40. The summed E-state index contributed by atoms with van der Waals surface area (Å²) >= 11 is 0. The van der Waals surface area contributed by atoms with E-state index >= 15 is 0 Å². The van der Waals surface area contributed by atoms with Gasteiger partial charge in [-0.2, -0.15) is 0 Å². The van der Waals surface area contributed by atoms with Crippen molar-refractivity contribution in [1.29, 1.82) is 0 Å². The van der Waals surface area contributed by atoms with Crippen molar-refractivity contribution in [2.24, 2.45) is 0 Å². The van der Waals surface area contributed by atoms with E-state index < -0.39 is 0 Å². The Bertz CT molecular complexity index is 751. The lowest BCUT2D eigenvalue weighted by molar-refractivity contribution is 0.0482. The molecule has 3 rings (SSSR count). The lowest BCUT2D eigenvalue weighted by atomic mass is 9.90. The summed E-state index contributed by atoms with van der Waals surface area (Å²) in [4.78, 5) is 26.9. The number of hydrogen-bond donors (Lipinski definition) is 1. The van der Waals surface area contributed by atoms with Crippen LogP contribution in [0.25, 0.3) is 5.69 Å². The number of carbonyl (C=O) groups excluding carboxylic acids is 1. The number of aromatic nitrogens is 2. The molecule has 1 aromatic carbocycles. The zero-order chi connectivity index (χ0) is 16.6. The number of nitrogens with zero attached hydrogens (tertiary/aromatic N) is 2. The second-order valence-electron chi connectivity index (χ2n) is 6.57. The van der Waals surface area contributed by atoms with Gasteiger partial charge in [-0.15, -0.1) is 0 Å². The molecule has 1 aliphatic rings. The first-order valence-electron chi connectivity index (χ1n) is 8.19. The zero-order valence-corrected chi connectivity index (χ0v) is 13.9. The summed E-state index contributed by atoms with van der Waals surface area (Å²) in [5, 5.41) is 2.97. The van der Waals surface area contributed by atoms with Crippen LogP contribution >= 0.6 is 0 Å². The highest BCUT2D eigenvalue weighted by Crippen LogP contribution is 2.27. The van der Waals surface area contributed by atoms with Gasteiger partial charge in [0.25, 0.3) is 11.5 Å². The molecule has 0 aliphatic heterocycles. The van der Waals surface area contributed by atoms with Crippen molar-refractivity contribution in [2.75, 3.05) is 0 Å². The maximum absolute atomic E-state index is 12.8. The third-order valence-electron chi connectivity index (χ3n) is 4.50. The number of hydrogen-bond acceptors (Lipinski definition) is 2. The van der Waals surface area contributed by atoms with Crippen LogP contribution < -0.4 is 5.56 Å². The molecule has 122 valence electrons. The smallest absolute Gasteiger partial charge is 0.272 e. The van der Waals surface area contributed by atoms with E-state index in [1.54, 1.807) is 0 Å². The number of rotatable bonds is 4. The van der Waals surface area contributed by atoms with Crippen molar-refractivity contribution in [1.82, 2.24) is 14.7 Å². The molecule has 23 heavy (non-hydrogen) atoms.